The molecule has 0 spiro atoms. The third-order valence-electron chi connectivity index (χ3n) is 3.91. The van der Waals surface area contributed by atoms with Gasteiger partial charge in [0.15, 0.2) is 0 Å². The van der Waals surface area contributed by atoms with Crippen LogP contribution < -0.4 is 20.1 Å². The van der Waals surface area contributed by atoms with Crippen molar-refractivity contribution in [2.24, 2.45) is 0 Å². The van der Waals surface area contributed by atoms with Gasteiger partial charge < -0.3 is 20.1 Å². The molecule has 0 saturated heterocycles. The number of para-hydroxylation sites is 2. The summed E-state index contributed by atoms with van der Waals surface area (Å²) in [6.45, 7) is 6.52. The maximum Gasteiger partial charge on any atom is 0.229 e. The van der Waals surface area contributed by atoms with Gasteiger partial charge in [0.05, 0.1) is 25.1 Å². The molecule has 6 nitrogen and oxygen atoms in total. The van der Waals surface area contributed by atoms with Crippen LogP contribution in [0.1, 0.15) is 18.2 Å². The van der Waals surface area contributed by atoms with Gasteiger partial charge in [-0.3, -0.25) is 0 Å². The summed E-state index contributed by atoms with van der Waals surface area (Å²) in [6, 6.07) is 15.6. The average Bonchev–Trinajstić information content (AvgIpc) is 2.63. The van der Waals surface area contributed by atoms with Crippen LogP contribution in [-0.2, 0) is 0 Å². The van der Waals surface area contributed by atoms with Crippen molar-refractivity contribution in [2.75, 3.05) is 24.4 Å². The quantitative estimate of drug-likeness (QED) is 0.616. The first kappa shape index (κ1) is 18.5. The lowest BCUT2D eigenvalue weighted by molar-refractivity contribution is 0.342. The van der Waals surface area contributed by atoms with E-state index in [0.29, 0.717) is 18.4 Å². The lowest BCUT2D eigenvalue weighted by Gasteiger charge is -2.14. The summed E-state index contributed by atoms with van der Waals surface area (Å²) >= 11 is 0. The number of aromatic nitrogens is 2. The van der Waals surface area contributed by atoms with E-state index in [1.54, 1.807) is 7.11 Å². The summed E-state index contributed by atoms with van der Waals surface area (Å²) in [6.07, 6.45) is 0. The van der Waals surface area contributed by atoms with Crippen LogP contribution in [0.5, 0.6) is 11.5 Å². The van der Waals surface area contributed by atoms with E-state index in [1.165, 1.54) is 0 Å². The van der Waals surface area contributed by atoms with Gasteiger partial charge in [0.2, 0.25) is 5.95 Å². The fourth-order valence-electron chi connectivity index (χ4n) is 2.72. The monoisotopic (exact) mass is 364 g/mol. The average molecular weight is 364 g/mol. The summed E-state index contributed by atoms with van der Waals surface area (Å²) < 4.78 is 11.1. The molecule has 0 aliphatic rings. The number of hydrogen-bond donors (Lipinski definition) is 2. The number of nitrogens with one attached hydrogen (secondary N) is 2. The fraction of sp³-hybridized carbons (Fsp3) is 0.238. The van der Waals surface area contributed by atoms with Crippen LogP contribution in [0, 0.1) is 13.8 Å². The van der Waals surface area contributed by atoms with Crippen LogP contribution in [0.3, 0.4) is 0 Å². The van der Waals surface area contributed by atoms with Crippen LogP contribution in [0.15, 0.2) is 48.5 Å². The molecule has 0 radical (unpaired) electrons. The van der Waals surface area contributed by atoms with Gasteiger partial charge >= 0.3 is 0 Å². The van der Waals surface area contributed by atoms with Gasteiger partial charge in [-0.25, -0.2) is 4.98 Å². The molecule has 1 aromatic heterocycles. The summed E-state index contributed by atoms with van der Waals surface area (Å²) in [5.74, 6) is 2.70. The van der Waals surface area contributed by atoms with E-state index in [-0.39, 0.29) is 0 Å². The predicted molar refractivity (Wildman–Crippen MR) is 109 cm³/mol. The molecule has 0 saturated carbocycles. The standard InChI is InChI=1S/C21H24N4O2/c1-5-27-19-9-7-6-8-16(19)23-20-13-15(3)22-21(25-20)24-17-12-14(2)10-11-18(17)26-4/h6-13H,5H2,1-4H3,(H2,22,23,24,25). The topological polar surface area (TPSA) is 68.3 Å². The van der Waals surface area contributed by atoms with E-state index in [9.17, 15) is 0 Å². The van der Waals surface area contributed by atoms with E-state index in [0.717, 1.165) is 34.1 Å². The van der Waals surface area contributed by atoms with Crippen LogP contribution in [0.25, 0.3) is 0 Å². The van der Waals surface area contributed by atoms with Crippen molar-refractivity contribution in [3.8, 4) is 11.5 Å². The summed E-state index contributed by atoms with van der Waals surface area (Å²) in [5.41, 5.74) is 3.64. The molecule has 0 atom stereocenters. The van der Waals surface area contributed by atoms with E-state index in [4.69, 9.17) is 9.47 Å². The van der Waals surface area contributed by atoms with E-state index in [2.05, 4.69) is 20.6 Å². The third kappa shape index (κ3) is 4.67. The Labute approximate surface area is 159 Å². The molecule has 0 unspecified atom stereocenters. The molecule has 0 aliphatic carbocycles. The summed E-state index contributed by atoms with van der Waals surface area (Å²) in [4.78, 5) is 9.07. The fourth-order valence-corrected chi connectivity index (χ4v) is 2.72. The first-order valence-corrected chi connectivity index (χ1v) is 8.85. The highest BCUT2D eigenvalue weighted by molar-refractivity contribution is 5.67. The molecule has 27 heavy (non-hydrogen) atoms. The van der Waals surface area contributed by atoms with Crippen LogP contribution in [0.4, 0.5) is 23.1 Å². The minimum Gasteiger partial charge on any atom is -0.495 e. The second kappa shape index (κ2) is 8.40. The number of ether oxygens (including phenoxy) is 2. The van der Waals surface area contributed by atoms with Gasteiger partial charge in [-0.15, -0.1) is 0 Å². The number of methoxy groups -OCH3 is 1. The second-order valence-electron chi connectivity index (χ2n) is 6.10. The van der Waals surface area contributed by atoms with E-state index in [1.807, 2.05) is 69.3 Å². The lowest BCUT2D eigenvalue weighted by Crippen LogP contribution is -2.04. The Morgan fingerprint density at radius 2 is 1.70 bits per heavy atom. The molecule has 6 heteroatoms. The Balaban J connectivity index is 1.88. The summed E-state index contributed by atoms with van der Waals surface area (Å²) in [7, 11) is 1.64. The van der Waals surface area contributed by atoms with Gasteiger partial charge in [0.1, 0.15) is 17.3 Å². The third-order valence-corrected chi connectivity index (χ3v) is 3.91. The molecular weight excluding hydrogens is 340 g/mol. The van der Waals surface area contributed by atoms with Gasteiger partial charge in [-0.2, -0.15) is 4.98 Å². The molecule has 140 valence electrons. The van der Waals surface area contributed by atoms with Crippen LogP contribution >= 0.6 is 0 Å². The molecule has 0 bridgehead atoms. The molecule has 0 amide bonds. The zero-order valence-electron chi connectivity index (χ0n) is 16.0. The molecule has 3 aromatic rings. The number of nitrogens with zero attached hydrogens (tertiary/aromatic N) is 2. The summed E-state index contributed by atoms with van der Waals surface area (Å²) in [5, 5.41) is 6.57. The first-order valence-electron chi connectivity index (χ1n) is 8.85. The smallest absolute Gasteiger partial charge is 0.229 e. The molecule has 2 N–H and O–H groups in total. The SMILES string of the molecule is CCOc1ccccc1Nc1cc(C)nc(Nc2cc(C)ccc2OC)n1. The molecule has 1 heterocycles. The van der Waals surface area contributed by atoms with Crippen molar-refractivity contribution in [3.63, 3.8) is 0 Å². The highest BCUT2D eigenvalue weighted by Crippen LogP contribution is 2.30. The van der Waals surface area contributed by atoms with Crippen LogP contribution in [0.2, 0.25) is 0 Å². The number of aryl methyl sites for hydroxylation is 2. The highest BCUT2D eigenvalue weighted by Gasteiger charge is 2.09. The maximum absolute atomic E-state index is 5.67. The van der Waals surface area contributed by atoms with Crippen molar-refractivity contribution < 1.29 is 9.47 Å². The first-order chi connectivity index (χ1) is 13.1. The Kier molecular flexibility index (Phi) is 5.76. The van der Waals surface area contributed by atoms with Crippen LogP contribution in [-0.4, -0.2) is 23.7 Å². The van der Waals surface area contributed by atoms with Crippen molar-refractivity contribution in [3.05, 3.63) is 59.8 Å². The normalized spacial score (nSPS) is 10.4. The number of rotatable bonds is 7. The Bertz CT molecular complexity index is 928. The zero-order valence-corrected chi connectivity index (χ0v) is 16.0. The molecule has 2 aromatic carbocycles. The van der Waals surface area contributed by atoms with Crippen molar-refractivity contribution in [2.45, 2.75) is 20.8 Å². The van der Waals surface area contributed by atoms with E-state index >= 15 is 0 Å². The molecule has 0 fully saturated rings. The van der Waals surface area contributed by atoms with E-state index < -0.39 is 0 Å². The van der Waals surface area contributed by atoms with Gasteiger partial charge in [-0.05, 0) is 50.6 Å². The number of hydrogen-bond acceptors (Lipinski definition) is 6. The molecular formula is C21H24N4O2. The largest absolute Gasteiger partial charge is 0.495 e. The van der Waals surface area contributed by atoms with Crippen molar-refractivity contribution >= 4 is 23.1 Å². The predicted octanol–water partition coefficient (Wildman–Crippen LogP) is 4.99. The van der Waals surface area contributed by atoms with Gasteiger partial charge in [-0.1, -0.05) is 18.2 Å². The number of benzene rings is 2. The van der Waals surface area contributed by atoms with Crippen molar-refractivity contribution in [1.29, 1.82) is 0 Å². The maximum atomic E-state index is 5.67. The Hall–Kier alpha value is -3.28. The lowest BCUT2D eigenvalue weighted by atomic mass is 10.2. The second-order valence-corrected chi connectivity index (χ2v) is 6.10. The Morgan fingerprint density at radius 1 is 0.889 bits per heavy atom. The number of anilines is 4. The zero-order chi connectivity index (χ0) is 19.2. The molecule has 0 aliphatic heterocycles. The van der Waals surface area contributed by atoms with Crippen molar-refractivity contribution in [1.82, 2.24) is 9.97 Å². The molecule has 3 rings (SSSR count). The Morgan fingerprint density at radius 3 is 2.48 bits per heavy atom. The highest BCUT2D eigenvalue weighted by atomic mass is 16.5. The van der Waals surface area contributed by atoms with Gasteiger partial charge in [0, 0.05) is 11.8 Å². The minimum atomic E-state index is 0.496. The van der Waals surface area contributed by atoms with Gasteiger partial charge in [0.25, 0.3) is 0 Å². The minimum absolute atomic E-state index is 0.496.